The second kappa shape index (κ2) is 10.7. The Morgan fingerprint density at radius 3 is 2.37 bits per heavy atom. The molecule has 3 nitrogen and oxygen atoms in total. The van der Waals surface area contributed by atoms with Crippen LogP contribution >= 0.6 is 58.2 Å². The van der Waals surface area contributed by atoms with Gasteiger partial charge in [0.15, 0.2) is 5.17 Å². The van der Waals surface area contributed by atoms with Gasteiger partial charge in [0.1, 0.15) is 5.75 Å². The third kappa shape index (κ3) is 4.78. The van der Waals surface area contributed by atoms with Crippen LogP contribution in [0.1, 0.15) is 42.0 Å². The van der Waals surface area contributed by atoms with E-state index in [2.05, 4.69) is 28.5 Å². The number of benzene rings is 3. The van der Waals surface area contributed by atoms with E-state index in [1.54, 1.807) is 24.9 Å². The first-order valence-corrected chi connectivity index (χ1v) is 14.6. The van der Waals surface area contributed by atoms with E-state index in [0.717, 1.165) is 63.8 Å². The molecule has 3 aromatic carbocycles. The molecule has 38 heavy (non-hydrogen) atoms. The molecule has 6 rings (SSSR count). The summed E-state index contributed by atoms with van der Waals surface area (Å²) in [4.78, 5) is 7.53. The van der Waals surface area contributed by atoms with Gasteiger partial charge in [0.25, 0.3) is 0 Å². The van der Waals surface area contributed by atoms with Crippen molar-refractivity contribution in [2.24, 2.45) is 4.99 Å². The summed E-state index contributed by atoms with van der Waals surface area (Å²) in [5.74, 6) is 0.817. The molecular formula is C30H22Cl4N2OS. The van der Waals surface area contributed by atoms with E-state index < -0.39 is 0 Å². The van der Waals surface area contributed by atoms with E-state index in [4.69, 9.17) is 56.1 Å². The lowest BCUT2D eigenvalue weighted by Gasteiger charge is -2.40. The van der Waals surface area contributed by atoms with Gasteiger partial charge >= 0.3 is 0 Å². The number of hydrogen-bond donors (Lipinski definition) is 0. The summed E-state index contributed by atoms with van der Waals surface area (Å²) in [5, 5.41) is 5.57. The molecular weight excluding hydrogens is 578 g/mol. The molecule has 0 saturated carbocycles. The maximum absolute atomic E-state index is 6.86. The number of allylic oxidation sites excluding steroid dienone is 1. The van der Waals surface area contributed by atoms with Crippen molar-refractivity contribution >= 4 is 75.1 Å². The van der Waals surface area contributed by atoms with E-state index in [-0.39, 0.29) is 6.04 Å². The molecule has 3 aliphatic rings. The number of rotatable bonds is 4. The minimum Gasteiger partial charge on any atom is -0.497 e. The molecule has 1 atom stereocenters. The Hall–Kier alpha value is -2.34. The first kappa shape index (κ1) is 25.9. The van der Waals surface area contributed by atoms with Crippen molar-refractivity contribution in [3.63, 3.8) is 0 Å². The van der Waals surface area contributed by atoms with Crippen LogP contribution in [0.15, 0.2) is 87.9 Å². The Labute approximate surface area is 246 Å². The number of methoxy groups -OCH3 is 1. The van der Waals surface area contributed by atoms with Crippen LogP contribution in [-0.4, -0.2) is 17.2 Å². The van der Waals surface area contributed by atoms with Crippen molar-refractivity contribution in [3.8, 4) is 5.75 Å². The summed E-state index contributed by atoms with van der Waals surface area (Å²) in [6.45, 7) is 0. The van der Waals surface area contributed by atoms with Gasteiger partial charge in [0.05, 0.1) is 24.5 Å². The summed E-state index contributed by atoms with van der Waals surface area (Å²) in [7, 11) is 1.67. The number of hydrogen-bond acceptors (Lipinski definition) is 4. The van der Waals surface area contributed by atoms with Gasteiger partial charge < -0.3 is 9.64 Å². The molecule has 1 aliphatic carbocycles. The molecule has 0 aromatic heterocycles. The topological polar surface area (TPSA) is 24.8 Å². The standard InChI is InChI=1S/C30H22Cl4N2OS/c1-37-22-10-6-17(7-11-22)27-16-38-30-35-28-19(13-18-5-8-20(31)14-25(18)33)3-2-4-24(28)29(36(27)30)23-12-9-21(32)15-26(23)34/h5-16,29H,2-4H2,1H3/b19-13+/t29-/m0/s1. The second-order valence-corrected chi connectivity index (χ2v) is 11.8. The van der Waals surface area contributed by atoms with Crippen LogP contribution in [0.25, 0.3) is 11.8 Å². The maximum atomic E-state index is 6.86. The Morgan fingerprint density at radius 1 is 0.921 bits per heavy atom. The number of fused-ring (bicyclic) bond motifs is 1. The highest BCUT2D eigenvalue weighted by molar-refractivity contribution is 8.16. The van der Waals surface area contributed by atoms with E-state index in [1.807, 2.05) is 42.5 Å². The van der Waals surface area contributed by atoms with Gasteiger partial charge in [-0.3, -0.25) is 0 Å². The molecule has 3 aromatic rings. The Morgan fingerprint density at radius 2 is 1.66 bits per heavy atom. The molecule has 0 radical (unpaired) electrons. The van der Waals surface area contributed by atoms with Crippen molar-refractivity contribution in [2.45, 2.75) is 25.3 Å². The highest BCUT2D eigenvalue weighted by Gasteiger charge is 2.41. The summed E-state index contributed by atoms with van der Waals surface area (Å²) in [6, 6.07) is 19.3. The van der Waals surface area contributed by atoms with Crippen LogP contribution in [0.5, 0.6) is 5.75 Å². The molecule has 0 amide bonds. The number of nitrogens with zero attached hydrogens (tertiary/aromatic N) is 2. The first-order chi connectivity index (χ1) is 18.4. The van der Waals surface area contributed by atoms with Gasteiger partial charge in [-0.15, -0.1) is 0 Å². The zero-order valence-corrected chi connectivity index (χ0v) is 24.2. The van der Waals surface area contributed by atoms with Crippen molar-refractivity contribution in [3.05, 3.63) is 120 Å². The molecule has 8 heteroatoms. The van der Waals surface area contributed by atoms with Crippen LogP contribution in [0, 0.1) is 0 Å². The van der Waals surface area contributed by atoms with Gasteiger partial charge in [0.2, 0.25) is 0 Å². The first-order valence-electron chi connectivity index (χ1n) is 12.2. The predicted octanol–water partition coefficient (Wildman–Crippen LogP) is 10.3. The number of thioether (sulfide) groups is 1. The van der Waals surface area contributed by atoms with Gasteiger partial charge in [-0.2, -0.15) is 0 Å². The van der Waals surface area contributed by atoms with Crippen LogP contribution in [0.4, 0.5) is 0 Å². The number of halogens is 4. The van der Waals surface area contributed by atoms with E-state index in [9.17, 15) is 0 Å². The van der Waals surface area contributed by atoms with Crippen LogP contribution < -0.4 is 4.74 Å². The summed E-state index contributed by atoms with van der Waals surface area (Å²) < 4.78 is 5.38. The Balaban J connectivity index is 1.50. The minimum absolute atomic E-state index is 0.116. The fourth-order valence-electron chi connectivity index (χ4n) is 5.19. The van der Waals surface area contributed by atoms with Gasteiger partial charge in [-0.05, 0) is 102 Å². The van der Waals surface area contributed by atoms with E-state index in [0.29, 0.717) is 20.1 Å². The fraction of sp³-hybridized carbons (Fsp3) is 0.167. The van der Waals surface area contributed by atoms with Crippen LogP contribution in [0.3, 0.4) is 0 Å². The monoisotopic (exact) mass is 598 g/mol. The Bertz CT molecular complexity index is 1560. The van der Waals surface area contributed by atoms with E-state index >= 15 is 0 Å². The number of ether oxygens (including phenoxy) is 1. The van der Waals surface area contributed by atoms with Crippen molar-refractivity contribution in [1.29, 1.82) is 0 Å². The summed E-state index contributed by atoms with van der Waals surface area (Å²) >= 11 is 27.5. The molecule has 0 N–H and O–H groups in total. The quantitative estimate of drug-likeness (QED) is 0.298. The van der Waals surface area contributed by atoms with Crippen LogP contribution in [-0.2, 0) is 0 Å². The largest absolute Gasteiger partial charge is 0.497 e. The fourth-order valence-corrected chi connectivity index (χ4v) is 7.10. The van der Waals surface area contributed by atoms with Crippen LogP contribution in [0.2, 0.25) is 20.1 Å². The van der Waals surface area contributed by atoms with Gasteiger partial charge in [0, 0.05) is 25.5 Å². The zero-order chi connectivity index (χ0) is 26.4. The van der Waals surface area contributed by atoms with Gasteiger partial charge in [-0.1, -0.05) is 70.3 Å². The minimum atomic E-state index is -0.116. The molecule has 0 fully saturated rings. The van der Waals surface area contributed by atoms with Crippen molar-refractivity contribution < 1.29 is 4.74 Å². The lowest BCUT2D eigenvalue weighted by Crippen LogP contribution is -2.35. The third-order valence-electron chi connectivity index (χ3n) is 6.97. The van der Waals surface area contributed by atoms with E-state index in [1.165, 1.54) is 5.57 Å². The highest BCUT2D eigenvalue weighted by Crippen LogP contribution is 2.52. The normalized spacial score (nSPS) is 19.8. The smallest absolute Gasteiger partial charge is 0.174 e. The molecule has 0 spiro atoms. The van der Waals surface area contributed by atoms with Crippen molar-refractivity contribution in [1.82, 2.24) is 4.90 Å². The summed E-state index contributed by atoms with van der Waals surface area (Å²) in [6.07, 6.45) is 4.98. The SMILES string of the molecule is COc1ccc(C2=CSC3=NC4=C(CCC/C4=C\c4ccc(Cl)cc4Cl)[C@H](c4ccc(Cl)cc4Cl)N23)cc1. The molecule has 0 bridgehead atoms. The molecule has 0 unspecified atom stereocenters. The lowest BCUT2D eigenvalue weighted by atomic mass is 9.82. The lowest BCUT2D eigenvalue weighted by molar-refractivity contribution is 0.414. The maximum Gasteiger partial charge on any atom is 0.174 e. The molecule has 2 heterocycles. The molecule has 192 valence electrons. The van der Waals surface area contributed by atoms with Crippen molar-refractivity contribution in [2.75, 3.05) is 7.11 Å². The second-order valence-electron chi connectivity index (χ2n) is 9.25. The number of aliphatic imine (C=N–C) groups is 1. The summed E-state index contributed by atoms with van der Waals surface area (Å²) in [5.41, 5.74) is 7.52. The molecule has 0 saturated heterocycles. The molecule has 2 aliphatic heterocycles. The highest BCUT2D eigenvalue weighted by atomic mass is 35.5. The predicted molar refractivity (Wildman–Crippen MR) is 162 cm³/mol. The zero-order valence-electron chi connectivity index (χ0n) is 20.3. The number of amidine groups is 1. The Kier molecular flexibility index (Phi) is 7.28. The average molecular weight is 600 g/mol. The third-order valence-corrected chi connectivity index (χ3v) is 8.94. The van der Waals surface area contributed by atoms with Gasteiger partial charge in [-0.25, -0.2) is 4.99 Å². The average Bonchev–Trinajstić information content (AvgIpc) is 3.33.